The first-order valence-electron chi connectivity index (χ1n) is 6.38. The lowest BCUT2D eigenvalue weighted by Crippen LogP contribution is -2.01. The lowest BCUT2D eigenvalue weighted by Gasteiger charge is -2.12. The summed E-state index contributed by atoms with van der Waals surface area (Å²) < 4.78 is 17.0. The van der Waals surface area contributed by atoms with Crippen molar-refractivity contribution in [1.82, 2.24) is 9.97 Å². The number of ether oxygens (including phenoxy) is 3. The van der Waals surface area contributed by atoms with Gasteiger partial charge in [-0.15, -0.1) is 0 Å². The van der Waals surface area contributed by atoms with Crippen molar-refractivity contribution in [3.8, 4) is 23.4 Å². The third-order valence-electron chi connectivity index (χ3n) is 2.63. The molecule has 2 N–H and O–H groups in total. The van der Waals surface area contributed by atoms with Gasteiger partial charge in [-0.3, -0.25) is 0 Å². The smallest absolute Gasteiger partial charge is 0.325 e. The number of halogens is 1. The lowest BCUT2D eigenvalue weighted by atomic mass is 10.2. The molecule has 21 heavy (non-hydrogen) atoms. The van der Waals surface area contributed by atoms with Gasteiger partial charge in [-0.2, -0.15) is 4.98 Å². The minimum Gasteiger partial charge on any atom is -0.490 e. The summed E-state index contributed by atoms with van der Waals surface area (Å²) in [6, 6.07) is 5.67. The van der Waals surface area contributed by atoms with Gasteiger partial charge in [-0.1, -0.05) is 6.07 Å². The van der Waals surface area contributed by atoms with E-state index in [2.05, 4.69) is 25.9 Å². The first-order valence-corrected chi connectivity index (χ1v) is 7.17. The largest absolute Gasteiger partial charge is 0.490 e. The summed E-state index contributed by atoms with van der Waals surface area (Å²) in [5.74, 6) is 1.53. The molecule has 1 aromatic carbocycles. The van der Waals surface area contributed by atoms with Crippen LogP contribution in [0.5, 0.6) is 23.4 Å². The van der Waals surface area contributed by atoms with Gasteiger partial charge in [-0.05, 0) is 40.5 Å². The van der Waals surface area contributed by atoms with E-state index in [4.69, 9.17) is 19.9 Å². The average Bonchev–Trinajstić information content (AvgIpc) is 2.51. The van der Waals surface area contributed by atoms with E-state index in [1.807, 2.05) is 19.1 Å². The fraction of sp³-hybridized carbons (Fsp3) is 0.286. The maximum Gasteiger partial charge on any atom is 0.325 e. The predicted molar refractivity (Wildman–Crippen MR) is 81.9 cm³/mol. The van der Waals surface area contributed by atoms with Crippen molar-refractivity contribution in [2.75, 3.05) is 13.7 Å². The minimum absolute atomic E-state index is 0.177. The van der Waals surface area contributed by atoms with E-state index < -0.39 is 0 Å². The SMILES string of the molecule is CCOc1cc(CN)ccc1Oc1ncc(Br)c(OC)n1. The molecule has 0 amide bonds. The van der Waals surface area contributed by atoms with Gasteiger partial charge < -0.3 is 19.9 Å². The van der Waals surface area contributed by atoms with Gasteiger partial charge in [0.2, 0.25) is 5.88 Å². The third kappa shape index (κ3) is 3.83. The van der Waals surface area contributed by atoms with E-state index in [0.717, 1.165) is 5.56 Å². The van der Waals surface area contributed by atoms with Crippen LogP contribution in [0.3, 0.4) is 0 Å². The van der Waals surface area contributed by atoms with E-state index in [-0.39, 0.29) is 6.01 Å². The highest BCUT2D eigenvalue weighted by molar-refractivity contribution is 9.10. The lowest BCUT2D eigenvalue weighted by molar-refractivity contribution is 0.314. The van der Waals surface area contributed by atoms with Crippen molar-refractivity contribution in [2.24, 2.45) is 5.73 Å². The van der Waals surface area contributed by atoms with E-state index in [1.165, 1.54) is 7.11 Å². The second kappa shape index (κ2) is 7.24. The van der Waals surface area contributed by atoms with E-state index in [9.17, 15) is 0 Å². The molecule has 7 heteroatoms. The Morgan fingerprint density at radius 1 is 1.29 bits per heavy atom. The molecule has 1 heterocycles. The molecule has 0 spiro atoms. The molecule has 0 bridgehead atoms. The summed E-state index contributed by atoms with van der Waals surface area (Å²) in [6.45, 7) is 2.86. The van der Waals surface area contributed by atoms with Gasteiger partial charge in [0.05, 0.1) is 24.4 Å². The number of aromatic nitrogens is 2. The standard InChI is InChI=1S/C14H16BrN3O3/c1-3-20-12-6-9(7-16)4-5-11(12)21-14-17-8-10(15)13(18-14)19-2/h4-6,8H,3,7,16H2,1-2H3. The van der Waals surface area contributed by atoms with Crippen LogP contribution in [-0.2, 0) is 6.54 Å². The topological polar surface area (TPSA) is 79.5 Å². The van der Waals surface area contributed by atoms with Gasteiger partial charge in [-0.25, -0.2) is 4.98 Å². The van der Waals surface area contributed by atoms with Gasteiger partial charge in [0.1, 0.15) is 0 Å². The highest BCUT2D eigenvalue weighted by Gasteiger charge is 2.11. The third-order valence-corrected chi connectivity index (χ3v) is 3.17. The monoisotopic (exact) mass is 353 g/mol. The van der Waals surface area contributed by atoms with Gasteiger partial charge >= 0.3 is 6.01 Å². The number of nitrogens with two attached hydrogens (primary N) is 1. The maximum absolute atomic E-state index is 5.67. The fourth-order valence-corrected chi connectivity index (χ4v) is 2.01. The Morgan fingerprint density at radius 3 is 2.76 bits per heavy atom. The number of benzene rings is 1. The molecule has 2 rings (SSSR count). The number of hydrogen-bond donors (Lipinski definition) is 1. The van der Waals surface area contributed by atoms with Crippen molar-refractivity contribution in [2.45, 2.75) is 13.5 Å². The van der Waals surface area contributed by atoms with E-state index in [1.54, 1.807) is 12.3 Å². The van der Waals surface area contributed by atoms with Crippen LogP contribution in [0.2, 0.25) is 0 Å². The summed E-state index contributed by atoms with van der Waals surface area (Å²) in [5.41, 5.74) is 6.59. The fourth-order valence-electron chi connectivity index (χ4n) is 1.66. The number of hydrogen-bond acceptors (Lipinski definition) is 6. The Labute approximate surface area is 131 Å². The van der Waals surface area contributed by atoms with Crippen LogP contribution in [0.25, 0.3) is 0 Å². The molecule has 0 aliphatic heterocycles. The van der Waals surface area contributed by atoms with Crippen LogP contribution in [0, 0.1) is 0 Å². The van der Waals surface area contributed by atoms with Crippen LogP contribution >= 0.6 is 15.9 Å². The molecule has 0 aliphatic carbocycles. The molecular weight excluding hydrogens is 338 g/mol. The second-order valence-electron chi connectivity index (χ2n) is 4.03. The second-order valence-corrected chi connectivity index (χ2v) is 4.88. The first kappa shape index (κ1) is 15.5. The zero-order valence-electron chi connectivity index (χ0n) is 11.8. The molecule has 0 fully saturated rings. The zero-order chi connectivity index (χ0) is 15.2. The molecule has 2 aromatic rings. The predicted octanol–water partition coefficient (Wildman–Crippen LogP) is 2.90. The highest BCUT2D eigenvalue weighted by atomic mass is 79.9. The summed E-state index contributed by atoms with van der Waals surface area (Å²) in [5, 5.41) is 0. The summed E-state index contributed by atoms with van der Waals surface area (Å²) >= 11 is 3.29. The molecular formula is C14H16BrN3O3. The number of rotatable bonds is 6. The van der Waals surface area contributed by atoms with Gasteiger partial charge in [0, 0.05) is 6.54 Å². The van der Waals surface area contributed by atoms with Crippen molar-refractivity contribution in [3.05, 3.63) is 34.4 Å². The van der Waals surface area contributed by atoms with Crippen molar-refractivity contribution >= 4 is 15.9 Å². The van der Waals surface area contributed by atoms with Crippen LogP contribution in [-0.4, -0.2) is 23.7 Å². The summed E-state index contributed by atoms with van der Waals surface area (Å²) in [4.78, 5) is 8.23. The van der Waals surface area contributed by atoms with Crippen molar-refractivity contribution < 1.29 is 14.2 Å². The van der Waals surface area contributed by atoms with Crippen LogP contribution < -0.4 is 19.9 Å². The van der Waals surface area contributed by atoms with E-state index >= 15 is 0 Å². The minimum atomic E-state index is 0.177. The Morgan fingerprint density at radius 2 is 2.10 bits per heavy atom. The number of nitrogens with zero attached hydrogens (tertiary/aromatic N) is 2. The molecule has 0 saturated heterocycles. The highest BCUT2D eigenvalue weighted by Crippen LogP contribution is 2.32. The summed E-state index contributed by atoms with van der Waals surface area (Å²) in [7, 11) is 1.53. The summed E-state index contributed by atoms with van der Waals surface area (Å²) in [6.07, 6.45) is 1.57. The molecule has 1 aromatic heterocycles. The Kier molecular flexibility index (Phi) is 5.35. The zero-order valence-corrected chi connectivity index (χ0v) is 13.4. The number of methoxy groups -OCH3 is 1. The Balaban J connectivity index is 2.30. The van der Waals surface area contributed by atoms with Crippen molar-refractivity contribution in [3.63, 3.8) is 0 Å². The quantitative estimate of drug-likeness (QED) is 0.859. The van der Waals surface area contributed by atoms with Crippen LogP contribution in [0.15, 0.2) is 28.9 Å². The molecule has 0 unspecified atom stereocenters. The first-order chi connectivity index (χ1) is 10.2. The van der Waals surface area contributed by atoms with Crippen LogP contribution in [0.1, 0.15) is 12.5 Å². The molecule has 0 radical (unpaired) electrons. The molecule has 0 atom stereocenters. The normalized spacial score (nSPS) is 10.3. The van der Waals surface area contributed by atoms with Crippen molar-refractivity contribution in [1.29, 1.82) is 0 Å². The molecule has 112 valence electrons. The molecule has 6 nitrogen and oxygen atoms in total. The van der Waals surface area contributed by atoms with Gasteiger partial charge in [0.15, 0.2) is 11.5 Å². The average molecular weight is 354 g/mol. The van der Waals surface area contributed by atoms with Crippen LogP contribution in [0.4, 0.5) is 0 Å². The maximum atomic E-state index is 5.67. The van der Waals surface area contributed by atoms with Gasteiger partial charge in [0.25, 0.3) is 0 Å². The van der Waals surface area contributed by atoms with E-state index in [0.29, 0.717) is 35.0 Å². The molecule has 0 aliphatic rings. The Bertz CT molecular complexity index is 622. The molecule has 0 saturated carbocycles. The Hall–Kier alpha value is -1.86.